The van der Waals surface area contributed by atoms with Crippen molar-refractivity contribution in [2.24, 2.45) is 0 Å². The van der Waals surface area contributed by atoms with Crippen LogP contribution in [0.5, 0.6) is 0 Å². The summed E-state index contributed by atoms with van der Waals surface area (Å²) in [5.74, 6) is -0.632. The fourth-order valence-corrected chi connectivity index (χ4v) is 6.16. The van der Waals surface area contributed by atoms with Gasteiger partial charge in [0.25, 0.3) is 0 Å². The van der Waals surface area contributed by atoms with Gasteiger partial charge in [0.15, 0.2) is 11.7 Å². The van der Waals surface area contributed by atoms with Crippen molar-refractivity contribution >= 4 is 55.0 Å². The van der Waals surface area contributed by atoms with Gasteiger partial charge < -0.3 is 18.9 Å². The van der Waals surface area contributed by atoms with E-state index in [1.165, 1.54) is 0 Å². The van der Waals surface area contributed by atoms with Gasteiger partial charge in [-0.05, 0) is 96.5 Å². The Morgan fingerprint density at radius 1 is 0.674 bits per heavy atom. The summed E-state index contributed by atoms with van der Waals surface area (Å²) in [7, 11) is 0. The predicted molar refractivity (Wildman–Crippen MR) is 166 cm³/mol. The molecule has 2 atom stereocenters. The molecule has 0 spiro atoms. The predicted octanol–water partition coefficient (Wildman–Crippen LogP) is 7.24. The molecule has 2 aliphatic rings. The average molecular weight is 569 g/mol. The molecule has 0 N–H and O–H groups in total. The molecule has 0 amide bonds. The fourth-order valence-electron chi connectivity index (χ4n) is 6.16. The Labute approximate surface area is 247 Å². The first kappa shape index (κ1) is 25.9. The van der Waals surface area contributed by atoms with E-state index in [0.717, 1.165) is 65.3 Å². The van der Waals surface area contributed by atoms with Crippen LogP contribution in [0, 0.1) is 0 Å². The molecule has 0 radical (unpaired) electrons. The smallest absolute Gasteiger partial charge is 0.341 e. The molecule has 6 nitrogen and oxygen atoms in total. The van der Waals surface area contributed by atoms with E-state index in [-0.39, 0.29) is 18.5 Å². The van der Waals surface area contributed by atoms with E-state index in [9.17, 15) is 9.59 Å². The minimum atomic E-state index is -0.920. The molecule has 0 aromatic heterocycles. The van der Waals surface area contributed by atoms with Crippen molar-refractivity contribution in [2.45, 2.75) is 31.8 Å². The van der Waals surface area contributed by atoms with Crippen molar-refractivity contribution in [1.82, 2.24) is 0 Å². The number of ether oxygens (including phenoxy) is 4. The van der Waals surface area contributed by atoms with Crippen molar-refractivity contribution in [3.05, 3.63) is 108 Å². The van der Waals surface area contributed by atoms with E-state index in [1.54, 1.807) is 6.92 Å². The molecular weight excluding hydrogens is 540 g/mol. The van der Waals surface area contributed by atoms with Crippen molar-refractivity contribution < 1.29 is 28.5 Å². The molecule has 2 aliphatic heterocycles. The lowest BCUT2D eigenvalue weighted by atomic mass is 9.91. The van der Waals surface area contributed by atoms with Crippen LogP contribution in [0.1, 0.15) is 18.1 Å². The van der Waals surface area contributed by atoms with Crippen LogP contribution in [0.25, 0.3) is 54.2 Å². The van der Waals surface area contributed by atoms with Gasteiger partial charge in [0.2, 0.25) is 0 Å². The van der Waals surface area contributed by atoms with Crippen LogP contribution in [-0.2, 0) is 41.8 Å². The van der Waals surface area contributed by atoms with Crippen LogP contribution in [0.3, 0.4) is 0 Å². The summed E-state index contributed by atoms with van der Waals surface area (Å²) in [6, 6.07) is 34.0. The maximum atomic E-state index is 12.1. The van der Waals surface area contributed by atoms with E-state index in [4.69, 9.17) is 18.9 Å². The molecular formula is C37H28O6. The van der Waals surface area contributed by atoms with Crippen molar-refractivity contribution in [3.8, 4) is 11.1 Å². The molecule has 2 fully saturated rings. The number of fused-ring (bicyclic) bond motifs is 4. The molecule has 2 heterocycles. The van der Waals surface area contributed by atoms with Gasteiger partial charge >= 0.3 is 11.9 Å². The van der Waals surface area contributed by atoms with Gasteiger partial charge in [0, 0.05) is 0 Å². The molecule has 2 saturated heterocycles. The van der Waals surface area contributed by atoms with Crippen LogP contribution in [0.2, 0.25) is 0 Å². The normalized spacial score (nSPS) is 19.8. The number of rotatable bonds is 7. The molecule has 0 bridgehead atoms. The minimum Gasteiger partial charge on any atom is -0.460 e. The van der Waals surface area contributed by atoms with E-state index >= 15 is 0 Å². The van der Waals surface area contributed by atoms with E-state index < -0.39 is 11.7 Å². The second-order valence-electron chi connectivity index (χ2n) is 11.5. The highest BCUT2D eigenvalue weighted by Gasteiger charge is 2.46. The van der Waals surface area contributed by atoms with Crippen LogP contribution < -0.4 is 0 Å². The zero-order valence-corrected chi connectivity index (χ0v) is 23.6. The Bertz CT molecular complexity index is 2110. The SMILES string of the molecule is CC1(OCc2c3ccccc3cc3ccc(-c4ccc5cc6ccccc6c(COC6COC6=O)c5c4)cc23)COC1=O. The van der Waals surface area contributed by atoms with E-state index in [2.05, 4.69) is 72.8 Å². The summed E-state index contributed by atoms with van der Waals surface area (Å²) < 4.78 is 22.1. The molecule has 6 aromatic rings. The minimum absolute atomic E-state index is 0.263. The zero-order valence-electron chi connectivity index (χ0n) is 23.6. The summed E-state index contributed by atoms with van der Waals surface area (Å²) in [6.07, 6.45) is -0.516. The van der Waals surface area contributed by atoms with Gasteiger partial charge in [-0.3, -0.25) is 0 Å². The average Bonchev–Trinajstić information content (AvgIpc) is 3.04. The Morgan fingerprint density at radius 3 is 1.72 bits per heavy atom. The molecule has 212 valence electrons. The maximum Gasteiger partial charge on any atom is 0.341 e. The van der Waals surface area contributed by atoms with Crippen molar-refractivity contribution in [1.29, 1.82) is 0 Å². The third kappa shape index (κ3) is 4.33. The zero-order chi connectivity index (χ0) is 29.1. The Hall–Kier alpha value is -4.78. The fraction of sp³-hybridized carbons (Fsp3) is 0.189. The van der Waals surface area contributed by atoms with Gasteiger partial charge in [-0.1, -0.05) is 72.8 Å². The highest BCUT2D eigenvalue weighted by molar-refractivity contribution is 6.06. The molecule has 8 rings (SSSR count). The van der Waals surface area contributed by atoms with Gasteiger partial charge in [-0.15, -0.1) is 0 Å². The third-order valence-corrected chi connectivity index (χ3v) is 8.80. The molecule has 2 unspecified atom stereocenters. The monoisotopic (exact) mass is 568 g/mol. The first-order chi connectivity index (χ1) is 21.0. The van der Waals surface area contributed by atoms with Crippen molar-refractivity contribution in [3.63, 3.8) is 0 Å². The summed E-state index contributed by atoms with van der Waals surface area (Å²) >= 11 is 0. The van der Waals surface area contributed by atoms with E-state index in [1.807, 2.05) is 24.3 Å². The molecule has 6 aromatic carbocycles. The number of benzene rings is 6. The second kappa shape index (κ2) is 9.90. The molecule has 0 aliphatic carbocycles. The number of esters is 2. The van der Waals surface area contributed by atoms with Crippen LogP contribution in [-0.4, -0.2) is 36.9 Å². The van der Waals surface area contributed by atoms with Gasteiger partial charge in [0.1, 0.15) is 13.2 Å². The topological polar surface area (TPSA) is 71.1 Å². The number of cyclic esters (lactones) is 2. The summed E-state index contributed by atoms with van der Waals surface area (Å²) in [5, 5.41) is 8.84. The highest BCUT2D eigenvalue weighted by atomic mass is 16.6. The molecule has 0 saturated carbocycles. The highest BCUT2D eigenvalue weighted by Crippen LogP contribution is 2.37. The lowest BCUT2D eigenvalue weighted by Crippen LogP contribution is -2.54. The number of hydrogen-bond donors (Lipinski definition) is 0. The first-order valence-electron chi connectivity index (χ1n) is 14.5. The quantitative estimate of drug-likeness (QED) is 0.149. The Balaban J connectivity index is 1.25. The van der Waals surface area contributed by atoms with Crippen LogP contribution in [0.15, 0.2) is 97.1 Å². The lowest BCUT2D eigenvalue weighted by Gasteiger charge is -2.35. The number of carbonyl (C=O) groups is 2. The number of hydrogen-bond acceptors (Lipinski definition) is 6. The summed E-state index contributed by atoms with van der Waals surface area (Å²) in [6.45, 7) is 2.95. The Morgan fingerprint density at radius 2 is 1.23 bits per heavy atom. The summed E-state index contributed by atoms with van der Waals surface area (Å²) in [5.41, 5.74) is 3.32. The first-order valence-corrected chi connectivity index (χ1v) is 14.5. The lowest BCUT2D eigenvalue weighted by molar-refractivity contribution is -0.213. The number of carbonyl (C=O) groups excluding carboxylic acids is 2. The molecule has 43 heavy (non-hydrogen) atoms. The third-order valence-electron chi connectivity index (χ3n) is 8.80. The Kier molecular flexibility index (Phi) is 5.96. The van der Waals surface area contributed by atoms with Gasteiger partial charge in [-0.25, -0.2) is 9.59 Å². The van der Waals surface area contributed by atoms with Gasteiger partial charge in [-0.2, -0.15) is 0 Å². The second-order valence-corrected chi connectivity index (χ2v) is 11.5. The van der Waals surface area contributed by atoms with Gasteiger partial charge in [0.05, 0.1) is 13.2 Å². The maximum absolute atomic E-state index is 12.1. The van der Waals surface area contributed by atoms with E-state index in [0.29, 0.717) is 19.8 Å². The molecule has 6 heteroatoms. The van der Waals surface area contributed by atoms with Crippen molar-refractivity contribution in [2.75, 3.05) is 13.2 Å². The van der Waals surface area contributed by atoms with Crippen LogP contribution >= 0.6 is 0 Å². The van der Waals surface area contributed by atoms with Crippen LogP contribution in [0.4, 0.5) is 0 Å². The largest absolute Gasteiger partial charge is 0.460 e. The summed E-state index contributed by atoms with van der Waals surface area (Å²) in [4.78, 5) is 23.9. The standard InChI is InChI=1S/C37H28O6/c1-37(21-42-36(37)39)43-19-33-29-9-5-3-7-25(29)15-27-13-11-23(17-31(27)33)22-10-12-26-14-24-6-2-4-8-28(24)32(30(26)16-22)18-40-34-20-41-35(34)38/h2-17,34H,18-21H2,1H3.